The fourth-order valence-electron chi connectivity index (χ4n) is 1.97. The average molecular weight is 274 g/mol. The van der Waals surface area contributed by atoms with Crippen molar-refractivity contribution < 1.29 is 14.3 Å². The Morgan fingerprint density at radius 1 is 1.56 bits per heavy atom. The van der Waals surface area contributed by atoms with Crippen LogP contribution in [-0.4, -0.2) is 55.3 Å². The summed E-state index contributed by atoms with van der Waals surface area (Å²) in [6.07, 6.45) is 1.14. The molecule has 1 amide bonds. The molecule has 0 aromatic rings. The Hall–Kier alpha value is -0.720. The Balaban J connectivity index is 2.56. The van der Waals surface area contributed by atoms with Crippen LogP contribution in [0.2, 0.25) is 0 Å². The number of carbonyl (C=O) groups excluding carboxylic acids is 1. The number of ether oxygens (including phenoxy) is 2. The van der Waals surface area contributed by atoms with E-state index in [-0.39, 0.29) is 17.9 Å². The molecule has 2 unspecified atom stereocenters. The molecule has 1 aliphatic heterocycles. The molecule has 1 rings (SSSR count). The number of thiocarbonyl (C=S) groups is 1. The smallest absolute Gasteiger partial charge is 0.252 e. The number of nitrogens with two attached hydrogens (primary N) is 1. The molecule has 2 atom stereocenters. The standard InChI is InChI=1S/C12H22N2O3S/c1-9-4-7-17-11(9)12(15)14(6-8-16-2)5-3-10(13)18/h9,11H,3-8H2,1-2H3,(H2,13,18). The summed E-state index contributed by atoms with van der Waals surface area (Å²) in [4.78, 5) is 14.5. The van der Waals surface area contributed by atoms with Crippen LogP contribution in [0.4, 0.5) is 0 Å². The van der Waals surface area contributed by atoms with E-state index >= 15 is 0 Å². The fourth-order valence-corrected chi connectivity index (χ4v) is 2.06. The van der Waals surface area contributed by atoms with E-state index in [9.17, 15) is 4.79 Å². The van der Waals surface area contributed by atoms with E-state index in [2.05, 4.69) is 0 Å². The second kappa shape index (κ2) is 7.66. The summed E-state index contributed by atoms with van der Waals surface area (Å²) < 4.78 is 10.5. The molecular weight excluding hydrogens is 252 g/mol. The van der Waals surface area contributed by atoms with Crippen LogP contribution in [0.5, 0.6) is 0 Å². The summed E-state index contributed by atoms with van der Waals surface area (Å²) in [6, 6.07) is 0. The minimum Gasteiger partial charge on any atom is -0.393 e. The zero-order valence-electron chi connectivity index (χ0n) is 11.1. The lowest BCUT2D eigenvalue weighted by molar-refractivity contribution is -0.143. The van der Waals surface area contributed by atoms with Crippen LogP contribution >= 0.6 is 12.2 Å². The quantitative estimate of drug-likeness (QED) is 0.687. The highest BCUT2D eigenvalue weighted by atomic mass is 32.1. The molecule has 1 heterocycles. The first-order valence-corrected chi connectivity index (χ1v) is 6.64. The third-order valence-electron chi connectivity index (χ3n) is 3.14. The predicted octanol–water partition coefficient (Wildman–Crippen LogP) is 0.563. The van der Waals surface area contributed by atoms with Gasteiger partial charge in [0.1, 0.15) is 6.10 Å². The Labute approximate surface area is 114 Å². The van der Waals surface area contributed by atoms with Crippen molar-refractivity contribution in [3.05, 3.63) is 0 Å². The van der Waals surface area contributed by atoms with Crippen molar-refractivity contribution in [1.82, 2.24) is 4.90 Å². The molecule has 1 saturated heterocycles. The first-order valence-electron chi connectivity index (χ1n) is 6.24. The molecule has 5 nitrogen and oxygen atoms in total. The number of methoxy groups -OCH3 is 1. The van der Waals surface area contributed by atoms with Gasteiger partial charge in [-0.05, 0) is 12.3 Å². The second-order valence-corrected chi connectivity index (χ2v) is 5.12. The molecule has 18 heavy (non-hydrogen) atoms. The normalized spacial score (nSPS) is 23.0. The zero-order valence-corrected chi connectivity index (χ0v) is 11.9. The average Bonchev–Trinajstić information content (AvgIpc) is 2.74. The molecule has 2 N–H and O–H groups in total. The van der Waals surface area contributed by atoms with Crippen LogP contribution in [0.15, 0.2) is 0 Å². The van der Waals surface area contributed by atoms with Gasteiger partial charge in [-0.3, -0.25) is 4.79 Å². The van der Waals surface area contributed by atoms with E-state index in [4.69, 9.17) is 27.4 Å². The van der Waals surface area contributed by atoms with Crippen LogP contribution in [0, 0.1) is 5.92 Å². The minimum absolute atomic E-state index is 0.0216. The summed E-state index contributed by atoms with van der Waals surface area (Å²) in [5.41, 5.74) is 5.48. The van der Waals surface area contributed by atoms with Crippen molar-refractivity contribution in [2.45, 2.75) is 25.9 Å². The van der Waals surface area contributed by atoms with Crippen molar-refractivity contribution in [2.24, 2.45) is 11.7 Å². The molecule has 0 aliphatic carbocycles. The van der Waals surface area contributed by atoms with Crippen molar-refractivity contribution in [2.75, 3.05) is 33.4 Å². The fraction of sp³-hybridized carbons (Fsp3) is 0.833. The molecule has 0 spiro atoms. The second-order valence-electron chi connectivity index (χ2n) is 4.59. The Morgan fingerprint density at radius 3 is 2.78 bits per heavy atom. The Bertz CT molecular complexity index is 299. The molecule has 0 bridgehead atoms. The highest BCUT2D eigenvalue weighted by Gasteiger charge is 2.33. The summed E-state index contributed by atoms with van der Waals surface area (Å²) >= 11 is 4.85. The summed E-state index contributed by atoms with van der Waals surface area (Å²) in [7, 11) is 1.62. The monoisotopic (exact) mass is 274 g/mol. The van der Waals surface area contributed by atoms with Gasteiger partial charge in [-0.1, -0.05) is 19.1 Å². The molecule has 0 saturated carbocycles. The van der Waals surface area contributed by atoms with Crippen LogP contribution < -0.4 is 5.73 Å². The number of amides is 1. The zero-order chi connectivity index (χ0) is 13.5. The minimum atomic E-state index is -0.326. The van der Waals surface area contributed by atoms with E-state index in [0.717, 1.165) is 6.42 Å². The van der Waals surface area contributed by atoms with Gasteiger partial charge < -0.3 is 20.1 Å². The largest absolute Gasteiger partial charge is 0.393 e. The van der Waals surface area contributed by atoms with Gasteiger partial charge in [-0.25, -0.2) is 0 Å². The number of hydrogen-bond acceptors (Lipinski definition) is 4. The summed E-state index contributed by atoms with van der Waals surface area (Å²) in [5.74, 6) is 0.292. The van der Waals surface area contributed by atoms with Crippen LogP contribution in [0.3, 0.4) is 0 Å². The third-order valence-corrected chi connectivity index (χ3v) is 3.34. The number of nitrogens with zero attached hydrogens (tertiary/aromatic N) is 1. The first-order chi connectivity index (χ1) is 8.56. The van der Waals surface area contributed by atoms with Gasteiger partial charge in [0.15, 0.2) is 0 Å². The highest BCUT2D eigenvalue weighted by molar-refractivity contribution is 7.80. The van der Waals surface area contributed by atoms with Gasteiger partial charge in [-0.15, -0.1) is 0 Å². The SMILES string of the molecule is COCCN(CCC(N)=S)C(=O)C1OCCC1C. The lowest BCUT2D eigenvalue weighted by Gasteiger charge is -2.26. The van der Waals surface area contributed by atoms with Gasteiger partial charge in [0.25, 0.3) is 5.91 Å². The van der Waals surface area contributed by atoms with Crippen molar-refractivity contribution in [3.63, 3.8) is 0 Å². The maximum atomic E-state index is 12.3. The number of rotatable bonds is 7. The van der Waals surface area contributed by atoms with Crippen LogP contribution in [0.25, 0.3) is 0 Å². The topological polar surface area (TPSA) is 64.8 Å². The van der Waals surface area contributed by atoms with E-state index in [1.807, 2.05) is 6.92 Å². The summed E-state index contributed by atoms with van der Waals surface area (Å²) in [6.45, 7) is 4.28. The van der Waals surface area contributed by atoms with E-state index in [1.165, 1.54) is 0 Å². The van der Waals surface area contributed by atoms with Crippen LogP contribution in [0.1, 0.15) is 19.8 Å². The molecule has 1 aliphatic rings. The lowest BCUT2D eigenvalue weighted by atomic mass is 10.0. The Morgan fingerprint density at radius 2 is 2.28 bits per heavy atom. The van der Waals surface area contributed by atoms with Gasteiger partial charge in [-0.2, -0.15) is 0 Å². The van der Waals surface area contributed by atoms with Crippen molar-refractivity contribution >= 4 is 23.1 Å². The lowest BCUT2D eigenvalue weighted by Crippen LogP contribution is -2.44. The number of hydrogen-bond donors (Lipinski definition) is 1. The van der Waals surface area contributed by atoms with Crippen LogP contribution in [-0.2, 0) is 14.3 Å². The van der Waals surface area contributed by atoms with E-state index < -0.39 is 0 Å². The van der Waals surface area contributed by atoms with E-state index in [0.29, 0.717) is 37.7 Å². The third kappa shape index (κ3) is 4.51. The molecule has 1 fully saturated rings. The van der Waals surface area contributed by atoms with Gasteiger partial charge in [0.05, 0.1) is 11.6 Å². The van der Waals surface area contributed by atoms with Gasteiger partial charge in [0.2, 0.25) is 0 Å². The molecule has 0 aromatic heterocycles. The molecule has 6 heteroatoms. The van der Waals surface area contributed by atoms with Gasteiger partial charge >= 0.3 is 0 Å². The molecule has 104 valence electrons. The molecular formula is C12H22N2O3S. The predicted molar refractivity (Wildman–Crippen MR) is 73.4 cm³/mol. The van der Waals surface area contributed by atoms with Gasteiger partial charge in [0, 0.05) is 33.2 Å². The summed E-state index contributed by atoms with van der Waals surface area (Å²) in [5, 5.41) is 0. The Kier molecular flexibility index (Phi) is 6.52. The van der Waals surface area contributed by atoms with Crippen molar-refractivity contribution in [3.8, 4) is 0 Å². The highest BCUT2D eigenvalue weighted by Crippen LogP contribution is 2.22. The molecule has 0 aromatic carbocycles. The maximum absolute atomic E-state index is 12.3. The first kappa shape index (κ1) is 15.3. The van der Waals surface area contributed by atoms with Crippen molar-refractivity contribution in [1.29, 1.82) is 0 Å². The maximum Gasteiger partial charge on any atom is 0.252 e. The number of carbonyl (C=O) groups is 1. The molecule has 0 radical (unpaired) electrons. The van der Waals surface area contributed by atoms with E-state index in [1.54, 1.807) is 12.0 Å².